The topological polar surface area (TPSA) is 84.3 Å². The maximum atomic E-state index is 13.5. The highest BCUT2D eigenvalue weighted by Crippen LogP contribution is 2.22. The number of nitrogens with one attached hydrogen (secondary N) is 2. The van der Waals surface area contributed by atoms with Crippen molar-refractivity contribution in [3.05, 3.63) is 69.5 Å². The van der Waals surface area contributed by atoms with Crippen molar-refractivity contribution < 1.29 is 14.1 Å². The molecule has 0 aliphatic carbocycles. The molecule has 0 unspecified atom stereocenters. The Morgan fingerprint density at radius 2 is 2.00 bits per heavy atom. The summed E-state index contributed by atoms with van der Waals surface area (Å²) in [6, 6.07) is 10.0. The fraction of sp³-hybridized carbons (Fsp3) is 0.133. The van der Waals surface area contributed by atoms with Crippen LogP contribution in [0.2, 0.25) is 0 Å². The van der Waals surface area contributed by atoms with E-state index >= 15 is 0 Å². The van der Waals surface area contributed by atoms with Crippen molar-refractivity contribution in [2.24, 2.45) is 0 Å². The Labute approximate surface area is 126 Å². The Morgan fingerprint density at radius 1 is 1.27 bits per heavy atom. The third kappa shape index (κ3) is 3.38. The first-order chi connectivity index (χ1) is 10.5. The minimum absolute atomic E-state index is 0.00263. The van der Waals surface area contributed by atoms with E-state index in [1.165, 1.54) is 24.3 Å². The van der Waals surface area contributed by atoms with E-state index in [0.717, 1.165) is 0 Å². The van der Waals surface area contributed by atoms with Gasteiger partial charge in [-0.2, -0.15) is 0 Å². The lowest BCUT2D eigenvalue weighted by atomic mass is 10.1. The number of carbonyl (C=O) groups excluding carboxylic acids is 1. The molecule has 1 amide bonds. The third-order valence-corrected chi connectivity index (χ3v) is 3.13. The normalized spacial score (nSPS) is 10.1. The molecule has 2 aromatic carbocycles. The van der Waals surface area contributed by atoms with Gasteiger partial charge in [-0.25, -0.2) is 4.39 Å². The molecular weight excluding hydrogens is 289 g/mol. The molecule has 2 rings (SSSR count). The lowest BCUT2D eigenvalue weighted by Crippen LogP contribution is -2.24. The molecule has 0 radical (unpaired) electrons. The molecule has 0 spiro atoms. The van der Waals surface area contributed by atoms with E-state index < -0.39 is 16.6 Å². The zero-order valence-electron chi connectivity index (χ0n) is 11.8. The number of anilines is 1. The van der Waals surface area contributed by atoms with Gasteiger partial charge in [0.2, 0.25) is 0 Å². The summed E-state index contributed by atoms with van der Waals surface area (Å²) >= 11 is 0. The molecule has 7 heteroatoms. The molecule has 0 saturated carbocycles. The molecular formula is C15H14FN3O3. The second kappa shape index (κ2) is 6.66. The molecule has 0 fully saturated rings. The number of rotatable bonds is 5. The average molecular weight is 303 g/mol. The highest BCUT2D eigenvalue weighted by atomic mass is 19.1. The minimum atomic E-state index is -0.576. The molecule has 0 aliphatic heterocycles. The van der Waals surface area contributed by atoms with Crippen LogP contribution in [0.4, 0.5) is 15.8 Å². The third-order valence-electron chi connectivity index (χ3n) is 3.13. The van der Waals surface area contributed by atoms with Gasteiger partial charge in [0.1, 0.15) is 5.82 Å². The first kappa shape index (κ1) is 15.4. The average Bonchev–Trinajstić information content (AvgIpc) is 2.53. The van der Waals surface area contributed by atoms with Crippen LogP contribution in [0.15, 0.2) is 42.5 Å². The first-order valence-corrected chi connectivity index (χ1v) is 6.50. The molecule has 0 aromatic heterocycles. The smallest absolute Gasteiger partial charge is 0.270 e. The van der Waals surface area contributed by atoms with Gasteiger partial charge >= 0.3 is 0 Å². The largest absolute Gasteiger partial charge is 0.387 e. The van der Waals surface area contributed by atoms with Crippen molar-refractivity contribution in [2.45, 2.75) is 6.54 Å². The Bertz CT molecular complexity index is 719. The van der Waals surface area contributed by atoms with Crippen LogP contribution in [0.25, 0.3) is 0 Å². The van der Waals surface area contributed by atoms with Crippen LogP contribution < -0.4 is 10.6 Å². The molecule has 114 valence electrons. The summed E-state index contributed by atoms with van der Waals surface area (Å²) in [5.74, 6) is -0.938. The van der Waals surface area contributed by atoms with E-state index in [-0.39, 0.29) is 17.8 Å². The predicted molar refractivity (Wildman–Crippen MR) is 80.2 cm³/mol. The summed E-state index contributed by atoms with van der Waals surface area (Å²) in [6.45, 7) is -0.00263. The molecule has 2 N–H and O–H groups in total. The highest BCUT2D eigenvalue weighted by Gasteiger charge is 2.16. The quantitative estimate of drug-likeness (QED) is 0.657. The summed E-state index contributed by atoms with van der Waals surface area (Å²) in [7, 11) is 1.61. The fourth-order valence-corrected chi connectivity index (χ4v) is 1.96. The van der Waals surface area contributed by atoms with Gasteiger partial charge in [0.25, 0.3) is 11.6 Å². The number of hydrogen-bond acceptors (Lipinski definition) is 4. The van der Waals surface area contributed by atoms with Crippen LogP contribution in [-0.2, 0) is 6.54 Å². The predicted octanol–water partition coefficient (Wildman–Crippen LogP) is 2.71. The van der Waals surface area contributed by atoms with E-state index in [2.05, 4.69) is 10.6 Å². The summed E-state index contributed by atoms with van der Waals surface area (Å²) in [5.41, 5.74) is 0.743. The summed E-state index contributed by atoms with van der Waals surface area (Å²) in [4.78, 5) is 22.4. The summed E-state index contributed by atoms with van der Waals surface area (Å²) in [6.07, 6.45) is 0. The molecule has 0 aliphatic rings. The summed E-state index contributed by atoms with van der Waals surface area (Å²) in [5, 5.41) is 16.2. The van der Waals surface area contributed by atoms with Crippen LogP contribution in [0.5, 0.6) is 0 Å². The molecule has 0 saturated heterocycles. The number of carbonyl (C=O) groups is 1. The van der Waals surface area contributed by atoms with Crippen molar-refractivity contribution >= 4 is 17.3 Å². The van der Waals surface area contributed by atoms with Crippen LogP contribution in [0.1, 0.15) is 15.9 Å². The highest BCUT2D eigenvalue weighted by molar-refractivity contribution is 6.00. The van der Waals surface area contributed by atoms with Gasteiger partial charge in [0.05, 0.1) is 10.5 Å². The van der Waals surface area contributed by atoms with Gasteiger partial charge in [-0.15, -0.1) is 0 Å². The van der Waals surface area contributed by atoms with Crippen LogP contribution in [0.3, 0.4) is 0 Å². The number of nitrogens with zero attached hydrogens (tertiary/aromatic N) is 1. The van der Waals surface area contributed by atoms with Gasteiger partial charge < -0.3 is 10.6 Å². The van der Waals surface area contributed by atoms with E-state index in [1.54, 1.807) is 25.2 Å². The van der Waals surface area contributed by atoms with Crippen LogP contribution in [-0.4, -0.2) is 17.9 Å². The second-order valence-electron chi connectivity index (χ2n) is 4.51. The molecule has 2 aromatic rings. The molecule has 0 atom stereocenters. The van der Waals surface area contributed by atoms with E-state index in [4.69, 9.17) is 0 Å². The maximum absolute atomic E-state index is 13.5. The standard InChI is InChI=1S/C15H14FN3O3/c1-17-14-7-6-11(19(21)22)8-12(14)15(20)18-9-10-4-2-3-5-13(10)16/h2-8,17H,9H2,1H3,(H,18,20). The lowest BCUT2D eigenvalue weighted by Gasteiger charge is -2.10. The van der Waals surface area contributed by atoms with Gasteiger partial charge in [-0.3, -0.25) is 14.9 Å². The molecule has 22 heavy (non-hydrogen) atoms. The Morgan fingerprint density at radius 3 is 2.64 bits per heavy atom. The van der Waals surface area contributed by atoms with E-state index in [1.807, 2.05) is 0 Å². The van der Waals surface area contributed by atoms with Gasteiger partial charge in [0, 0.05) is 37.0 Å². The molecule has 0 heterocycles. The number of benzene rings is 2. The molecule has 6 nitrogen and oxygen atoms in total. The van der Waals surface area contributed by atoms with Crippen LogP contribution in [0, 0.1) is 15.9 Å². The number of amides is 1. The van der Waals surface area contributed by atoms with Crippen molar-refractivity contribution in [3.63, 3.8) is 0 Å². The zero-order valence-corrected chi connectivity index (χ0v) is 11.8. The zero-order chi connectivity index (χ0) is 16.1. The first-order valence-electron chi connectivity index (χ1n) is 6.50. The van der Waals surface area contributed by atoms with Crippen molar-refractivity contribution in [1.29, 1.82) is 0 Å². The van der Waals surface area contributed by atoms with Crippen molar-refractivity contribution in [3.8, 4) is 0 Å². The Hall–Kier alpha value is -2.96. The SMILES string of the molecule is CNc1ccc([N+](=O)[O-])cc1C(=O)NCc1ccccc1F. The van der Waals surface area contributed by atoms with E-state index in [0.29, 0.717) is 11.3 Å². The maximum Gasteiger partial charge on any atom is 0.270 e. The number of hydrogen-bond donors (Lipinski definition) is 2. The van der Waals surface area contributed by atoms with Gasteiger partial charge in [-0.1, -0.05) is 18.2 Å². The number of nitro groups is 1. The lowest BCUT2D eigenvalue weighted by molar-refractivity contribution is -0.384. The minimum Gasteiger partial charge on any atom is -0.387 e. The van der Waals surface area contributed by atoms with Crippen molar-refractivity contribution in [2.75, 3.05) is 12.4 Å². The number of nitro benzene ring substituents is 1. The fourth-order valence-electron chi connectivity index (χ4n) is 1.96. The Kier molecular flexibility index (Phi) is 4.67. The van der Waals surface area contributed by atoms with E-state index in [9.17, 15) is 19.3 Å². The number of halogens is 1. The Balaban J connectivity index is 2.20. The second-order valence-corrected chi connectivity index (χ2v) is 4.51. The van der Waals surface area contributed by atoms with Gasteiger partial charge in [-0.05, 0) is 12.1 Å². The van der Waals surface area contributed by atoms with Crippen LogP contribution >= 0.6 is 0 Å². The summed E-state index contributed by atoms with van der Waals surface area (Å²) < 4.78 is 13.5. The van der Waals surface area contributed by atoms with Crippen molar-refractivity contribution in [1.82, 2.24) is 5.32 Å². The van der Waals surface area contributed by atoms with Gasteiger partial charge in [0.15, 0.2) is 0 Å². The molecule has 0 bridgehead atoms. The number of non-ortho nitro benzene ring substituents is 1. The monoisotopic (exact) mass is 303 g/mol.